The van der Waals surface area contributed by atoms with Gasteiger partial charge in [0.15, 0.2) is 0 Å². The zero-order valence-corrected chi connectivity index (χ0v) is 14.3. The third-order valence-electron chi connectivity index (χ3n) is 3.72. The van der Waals surface area contributed by atoms with Crippen LogP contribution in [0.5, 0.6) is 5.75 Å². The standard InChI is InChI=1S/C18H17N3O3S/c1-24-18-11-6-13-4-2-3-5-16(13)17(18)12-20-21-14-7-9-15(10-8-14)25(19,22)23/h2-12,21H,1H3,(H2,19,22,23)/b20-12+. The molecule has 0 spiro atoms. The number of fused-ring (bicyclic) bond motifs is 1. The van der Waals surface area contributed by atoms with Gasteiger partial charge in [0.2, 0.25) is 10.0 Å². The Hall–Kier alpha value is -2.90. The summed E-state index contributed by atoms with van der Waals surface area (Å²) >= 11 is 0. The van der Waals surface area contributed by atoms with Gasteiger partial charge >= 0.3 is 0 Å². The average Bonchev–Trinajstić information content (AvgIpc) is 2.61. The van der Waals surface area contributed by atoms with E-state index in [4.69, 9.17) is 9.88 Å². The van der Waals surface area contributed by atoms with E-state index >= 15 is 0 Å². The van der Waals surface area contributed by atoms with Crippen LogP contribution in [0.25, 0.3) is 10.8 Å². The molecule has 0 unspecified atom stereocenters. The molecule has 0 aromatic heterocycles. The Morgan fingerprint density at radius 1 is 1.04 bits per heavy atom. The predicted octanol–water partition coefficient (Wildman–Crippen LogP) is 2.94. The molecule has 128 valence electrons. The van der Waals surface area contributed by atoms with E-state index in [2.05, 4.69) is 10.5 Å². The number of anilines is 1. The van der Waals surface area contributed by atoms with Crippen molar-refractivity contribution in [2.24, 2.45) is 10.2 Å². The number of hydrogen-bond acceptors (Lipinski definition) is 5. The Kier molecular flexibility index (Phi) is 4.69. The molecule has 3 aromatic carbocycles. The van der Waals surface area contributed by atoms with Crippen LogP contribution < -0.4 is 15.3 Å². The SMILES string of the molecule is COc1ccc2ccccc2c1/C=N/Nc1ccc(S(N)(=O)=O)cc1. The second-order valence-electron chi connectivity index (χ2n) is 5.34. The summed E-state index contributed by atoms with van der Waals surface area (Å²) < 4.78 is 27.9. The van der Waals surface area contributed by atoms with E-state index in [-0.39, 0.29) is 4.90 Å². The number of nitrogens with zero attached hydrogens (tertiary/aromatic N) is 1. The number of nitrogens with one attached hydrogen (secondary N) is 1. The smallest absolute Gasteiger partial charge is 0.238 e. The summed E-state index contributed by atoms with van der Waals surface area (Å²) in [6.45, 7) is 0. The fourth-order valence-electron chi connectivity index (χ4n) is 2.48. The van der Waals surface area contributed by atoms with Crippen molar-refractivity contribution in [3.05, 3.63) is 66.2 Å². The molecule has 3 aromatic rings. The van der Waals surface area contributed by atoms with E-state index in [1.165, 1.54) is 12.1 Å². The van der Waals surface area contributed by atoms with Crippen molar-refractivity contribution >= 4 is 32.7 Å². The zero-order chi connectivity index (χ0) is 17.9. The van der Waals surface area contributed by atoms with Crippen molar-refractivity contribution in [1.29, 1.82) is 0 Å². The first-order chi connectivity index (χ1) is 12.0. The first-order valence-corrected chi connectivity index (χ1v) is 9.01. The van der Waals surface area contributed by atoms with Gasteiger partial charge in [0.25, 0.3) is 0 Å². The lowest BCUT2D eigenvalue weighted by molar-refractivity contribution is 0.415. The highest BCUT2D eigenvalue weighted by Gasteiger charge is 2.07. The van der Waals surface area contributed by atoms with Gasteiger partial charge in [0.05, 0.1) is 23.9 Å². The van der Waals surface area contributed by atoms with Crippen LogP contribution in [0.2, 0.25) is 0 Å². The van der Waals surface area contributed by atoms with Gasteiger partial charge in [-0.2, -0.15) is 5.10 Å². The molecule has 25 heavy (non-hydrogen) atoms. The van der Waals surface area contributed by atoms with Crippen molar-refractivity contribution in [3.63, 3.8) is 0 Å². The van der Waals surface area contributed by atoms with Gasteiger partial charge in [0.1, 0.15) is 5.75 Å². The van der Waals surface area contributed by atoms with E-state index in [1.807, 2.05) is 36.4 Å². The van der Waals surface area contributed by atoms with E-state index in [9.17, 15) is 8.42 Å². The molecule has 0 aliphatic carbocycles. The van der Waals surface area contributed by atoms with E-state index < -0.39 is 10.0 Å². The molecule has 0 amide bonds. The first kappa shape index (κ1) is 16.9. The van der Waals surface area contributed by atoms with Gasteiger partial charge in [-0.05, 0) is 41.1 Å². The van der Waals surface area contributed by atoms with E-state index in [1.54, 1.807) is 25.5 Å². The summed E-state index contributed by atoms with van der Waals surface area (Å²) in [5, 5.41) is 11.4. The molecule has 0 atom stereocenters. The zero-order valence-electron chi connectivity index (χ0n) is 13.5. The number of nitrogens with two attached hydrogens (primary N) is 1. The van der Waals surface area contributed by atoms with Gasteiger partial charge < -0.3 is 4.74 Å². The van der Waals surface area contributed by atoms with Crippen molar-refractivity contribution in [2.75, 3.05) is 12.5 Å². The summed E-state index contributed by atoms with van der Waals surface area (Å²) in [5.41, 5.74) is 4.36. The number of methoxy groups -OCH3 is 1. The second-order valence-corrected chi connectivity index (χ2v) is 6.90. The number of ether oxygens (including phenoxy) is 1. The molecule has 0 heterocycles. The number of sulfonamides is 1. The van der Waals surface area contributed by atoms with Crippen LogP contribution in [0.4, 0.5) is 5.69 Å². The van der Waals surface area contributed by atoms with Crippen LogP contribution in [0, 0.1) is 0 Å². The minimum Gasteiger partial charge on any atom is -0.496 e. The number of rotatable bonds is 5. The monoisotopic (exact) mass is 355 g/mol. The normalized spacial score (nSPS) is 11.8. The molecular weight excluding hydrogens is 338 g/mol. The minimum absolute atomic E-state index is 0.0535. The number of primary sulfonamides is 1. The van der Waals surface area contributed by atoms with Crippen LogP contribution in [-0.2, 0) is 10.0 Å². The van der Waals surface area contributed by atoms with Crippen LogP contribution in [0.3, 0.4) is 0 Å². The summed E-state index contributed by atoms with van der Waals surface area (Å²) in [5.74, 6) is 0.717. The van der Waals surface area contributed by atoms with Crippen molar-refractivity contribution in [3.8, 4) is 5.75 Å². The highest BCUT2D eigenvalue weighted by atomic mass is 32.2. The molecule has 0 fully saturated rings. The largest absolute Gasteiger partial charge is 0.496 e. The fraction of sp³-hybridized carbons (Fsp3) is 0.0556. The van der Waals surface area contributed by atoms with E-state index in [0.29, 0.717) is 11.4 Å². The third kappa shape index (κ3) is 3.78. The molecule has 6 nitrogen and oxygen atoms in total. The van der Waals surface area contributed by atoms with E-state index in [0.717, 1.165) is 16.3 Å². The molecule has 0 aliphatic rings. The van der Waals surface area contributed by atoms with Crippen LogP contribution in [-0.4, -0.2) is 21.7 Å². The Labute approximate surface area is 146 Å². The highest BCUT2D eigenvalue weighted by molar-refractivity contribution is 7.89. The molecule has 0 radical (unpaired) electrons. The molecule has 0 saturated carbocycles. The van der Waals surface area contributed by atoms with Gasteiger partial charge in [-0.3, -0.25) is 5.43 Å². The Morgan fingerprint density at radius 3 is 2.44 bits per heavy atom. The number of benzene rings is 3. The van der Waals surface area contributed by atoms with Gasteiger partial charge in [-0.25, -0.2) is 13.6 Å². The minimum atomic E-state index is -3.70. The molecular formula is C18H17N3O3S. The molecule has 0 aliphatic heterocycles. The third-order valence-corrected chi connectivity index (χ3v) is 4.65. The maximum atomic E-state index is 11.3. The fourth-order valence-corrected chi connectivity index (χ4v) is 2.99. The van der Waals surface area contributed by atoms with Gasteiger partial charge in [-0.15, -0.1) is 0 Å². The summed E-state index contributed by atoms with van der Waals surface area (Å²) in [7, 11) is -2.09. The Morgan fingerprint density at radius 2 is 1.76 bits per heavy atom. The van der Waals surface area contributed by atoms with Gasteiger partial charge in [-0.1, -0.05) is 30.3 Å². The topological polar surface area (TPSA) is 93.8 Å². The quantitative estimate of drug-likeness (QED) is 0.543. The first-order valence-electron chi connectivity index (χ1n) is 7.47. The summed E-state index contributed by atoms with van der Waals surface area (Å²) in [6.07, 6.45) is 1.68. The molecule has 3 rings (SSSR count). The van der Waals surface area contributed by atoms with Crippen LogP contribution >= 0.6 is 0 Å². The summed E-state index contributed by atoms with van der Waals surface area (Å²) in [4.78, 5) is 0.0535. The van der Waals surface area contributed by atoms with Crippen LogP contribution in [0.15, 0.2) is 70.7 Å². The average molecular weight is 355 g/mol. The van der Waals surface area contributed by atoms with Crippen LogP contribution in [0.1, 0.15) is 5.56 Å². The lowest BCUT2D eigenvalue weighted by atomic mass is 10.0. The summed E-state index contributed by atoms with van der Waals surface area (Å²) in [6, 6.07) is 17.9. The maximum absolute atomic E-state index is 11.3. The van der Waals surface area contributed by atoms with Crippen molar-refractivity contribution in [2.45, 2.75) is 4.90 Å². The van der Waals surface area contributed by atoms with Crippen molar-refractivity contribution < 1.29 is 13.2 Å². The predicted molar refractivity (Wildman–Crippen MR) is 99.5 cm³/mol. The molecule has 0 saturated heterocycles. The Balaban J connectivity index is 1.86. The lowest BCUT2D eigenvalue weighted by Crippen LogP contribution is -2.11. The Bertz CT molecular complexity index is 1030. The molecule has 0 bridgehead atoms. The maximum Gasteiger partial charge on any atom is 0.238 e. The highest BCUT2D eigenvalue weighted by Crippen LogP contribution is 2.26. The van der Waals surface area contributed by atoms with Gasteiger partial charge in [0, 0.05) is 5.56 Å². The number of hydrazone groups is 1. The molecule has 3 N–H and O–H groups in total. The van der Waals surface area contributed by atoms with Crippen molar-refractivity contribution in [1.82, 2.24) is 0 Å². The number of hydrogen-bond donors (Lipinski definition) is 2. The lowest BCUT2D eigenvalue weighted by Gasteiger charge is -2.08. The molecule has 7 heteroatoms. The second kappa shape index (κ2) is 6.92.